The van der Waals surface area contributed by atoms with Gasteiger partial charge in [-0.1, -0.05) is 5.21 Å². The van der Waals surface area contributed by atoms with Gasteiger partial charge in [-0.15, -0.1) is 5.10 Å². The van der Waals surface area contributed by atoms with Crippen LogP contribution >= 0.6 is 15.9 Å². The Bertz CT molecular complexity index is 545. The van der Waals surface area contributed by atoms with E-state index in [0.29, 0.717) is 15.9 Å². The van der Waals surface area contributed by atoms with Crippen molar-refractivity contribution in [1.29, 1.82) is 0 Å². The van der Waals surface area contributed by atoms with E-state index in [9.17, 15) is 4.39 Å². The third-order valence-electron chi connectivity index (χ3n) is 2.32. The number of hydrogen-bond acceptors (Lipinski definition) is 3. The fourth-order valence-electron chi connectivity index (χ4n) is 1.31. The van der Waals surface area contributed by atoms with Gasteiger partial charge in [0, 0.05) is 6.07 Å². The number of aromatic nitrogens is 3. The summed E-state index contributed by atoms with van der Waals surface area (Å²) < 4.78 is 15.3. The molecular weight excluding hydrogens is 287 g/mol. The van der Waals surface area contributed by atoms with Crippen LogP contribution in [0.3, 0.4) is 0 Å². The molecule has 90 valence electrons. The van der Waals surface area contributed by atoms with Crippen molar-refractivity contribution in [2.24, 2.45) is 5.73 Å². The summed E-state index contributed by atoms with van der Waals surface area (Å²) in [5.74, 6) is -0.341. The minimum Gasteiger partial charge on any atom is -0.320 e. The molecule has 1 heterocycles. The third kappa shape index (κ3) is 2.53. The average Bonchev–Trinajstić information content (AvgIpc) is 2.70. The Morgan fingerprint density at radius 3 is 2.65 bits per heavy atom. The Morgan fingerprint density at radius 1 is 1.41 bits per heavy atom. The quantitative estimate of drug-likeness (QED) is 0.926. The summed E-state index contributed by atoms with van der Waals surface area (Å²) in [6.45, 7) is 3.67. The van der Waals surface area contributed by atoms with E-state index in [-0.39, 0.29) is 5.82 Å². The van der Waals surface area contributed by atoms with Crippen LogP contribution in [0.25, 0.3) is 5.69 Å². The predicted octanol–water partition coefficient (Wildman–Crippen LogP) is 2.36. The maximum absolute atomic E-state index is 13.4. The number of nitrogens with zero attached hydrogens (tertiary/aromatic N) is 3. The first-order chi connectivity index (χ1) is 7.88. The minimum atomic E-state index is -0.563. The van der Waals surface area contributed by atoms with Gasteiger partial charge in [-0.05, 0) is 41.9 Å². The molecule has 0 fully saturated rings. The molecule has 0 aliphatic carbocycles. The summed E-state index contributed by atoms with van der Waals surface area (Å²) in [5, 5.41) is 7.90. The highest BCUT2D eigenvalue weighted by atomic mass is 79.9. The molecule has 1 aromatic heterocycles. The highest BCUT2D eigenvalue weighted by molar-refractivity contribution is 9.10. The van der Waals surface area contributed by atoms with Crippen LogP contribution < -0.4 is 5.73 Å². The van der Waals surface area contributed by atoms with Gasteiger partial charge in [0.2, 0.25) is 0 Å². The Balaban J connectivity index is 2.40. The van der Waals surface area contributed by atoms with E-state index in [1.165, 1.54) is 10.7 Å². The molecule has 17 heavy (non-hydrogen) atoms. The molecule has 6 heteroatoms. The van der Waals surface area contributed by atoms with Gasteiger partial charge in [-0.25, -0.2) is 9.07 Å². The molecule has 2 N–H and O–H groups in total. The molecule has 0 spiro atoms. The molecule has 0 amide bonds. The molecule has 0 aliphatic rings. The molecule has 4 nitrogen and oxygen atoms in total. The van der Waals surface area contributed by atoms with E-state index >= 15 is 0 Å². The Morgan fingerprint density at radius 2 is 2.12 bits per heavy atom. The van der Waals surface area contributed by atoms with E-state index in [1.54, 1.807) is 18.3 Å². The summed E-state index contributed by atoms with van der Waals surface area (Å²) >= 11 is 3.10. The van der Waals surface area contributed by atoms with E-state index < -0.39 is 5.54 Å². The lowest BCUT2D eigenvalue weighted by Gasteiger charge is -2.13. The zero-order valence-electron chi connectivity index (χ0n) is 9.48. The first-order valence-electron chi connectivity index (χ1n) is 5.05. The summed E-state index contributed by atoms with van der Waals surface area (Å²) in [5.41, 5.74) is 6.60. The zero-order chi connectivity index (χ0) is 12.6. The predicted molar refractivity (Wildman–Crippen MR) is 66.2 cm³/mol. The maximum Gasteiger partial charge on any atom is 0.139 e. The van der Waals surface area contributed by atoms with Gasteiger partial charge < -0.3 is 5.73 Å². The summed E-state index contributed by atoms with van der Waals surface area (Å²) in [6, 6.07) is 4.75. The molecule has 0 radical (unpaired) electrons. The van der Waals surface area contributed by atoms with Crippen LogP contribution in [0.4, 0.5) is 4.39 Å². The van der Waals surface area contributed by atoms with Crippen molar-refractivity contribution in [2.75, 3.05) is 0 Å². The lowest BCUT2D eigenvalue weighted by molar-refractivity contribution is 0.533. The summed E-state index contributed by atoms with van der Waals surface area (Å²) in [6.07, 6.45) is 1.70. The number of benzene rings is 1. The highest BCUT2D eigenvalue weighted by Gasteiger charge is 2.18. The Labute approximate surface area is 107 Å². The molecule has 1 aromatic carbocycles. The van der Waals surface area contributed by atoms with Crippen LogP contribution in [0.5, 0.6) is 0 Å². The van der Waals surface area contributed by atoms with Gasteiger partial charge in [0.15, 0.2) is 0 Å². The van der Waals surface area contributed by atoms with Gasteiger partial charge in [-0.2, -0.15) is 0 Å². The number of halogens is 2. The van der Waals surface area contributed by atoms with Crippen LogP contribution in [-0.4, -0.2) is 15.0 Å². The standard InChI is InChI=1S/C11H12BrFN4/c1-11(2,14)10-6-17(16-15-10)7-3-4-8(12)9(13)5-7/h3-6H,14H2,1-2H3. The molecule has 0 atom stereocenters. The monoisotopic (exact) mass is 298 g/mol. The van der Waals surface area contributed by atoms with Gasteiger partial charge in [-0.3, -0.25) is 0 Å². The first-order valence-corrected chi connectivity index (χ1v) is 5.84. The van der Waals surface area contributed by atoms with Crippen molar-refractivity contribution in [1.82, 2.24) is 15.0 Å². The van der Waals surface area contributed by atoms with E-state index in [2.05, 4.69) is 26.2 Å². The topological polar surface area (TPSA) is 56.7 Å². The van der Waals surface area contributed by atoms with Crippen molar-refractivity contribution in [2.45, 2.75) is 19.4 Å². The third-order valence-corrected chi connectivity index (χ3v) is 2.96. The van der Waals surface area contributed by atoms with Crippen molar-refractivity contribution in [3.63, 3.8) is 0 Å². The fourth-order valence-corrected chi connectivity index (χ4v) is 1.56. The van der Waals surface area contributed by atoms with Crippen LogP contribution in [-0.2, 0) is 5.54 Å². The number of hydrogen-bond donors (Lipinski definition) is 1. The molecule has 2 rings (SSSR count). The Hall–Kier alpha value is -1.27. The van der Waals surface area contributed by atoms with Crippen LogP contribution in [0.15, 0.2) is 28.9 Å². The van der Waals surface area contributed by atoms with E-state index in [1.807, 2.05) is 13.8 Å². The van der Waals surface area contributed by atoms with Gasteiger partial charge in [0.25, 0.3) is 0 Å². The summed E-state index contributed by atoms with van der Waals surface area (Å²) in [4.78, 5) is 0. The van der Waals surface area contributed by atoms with Crippen LogP contribution in [0.1, 0.15) is 19.5 Å². The van der Waals surface area contributed by atoms with Crippen molar-refractivity contribution in [3.05, 3.63) is 40.4 Å². The molecule has 2 aromatic rings. The smallest absolute Gasteiger partial charge is 0.139 e. The average molecular weight is 299 g/mol. The van der Waals surface area contributed by atoms with Crippen LogP contribution in [0, 0.1) is 5.82 Å². The molecular formula is C11H12BrFN4. The Kier molecular flexibility index (Phi) is 3.01. The van der Waals surface area contributed by atoms with Gasteiger partial charge >= 0.3 is 0 Å². The normalized spacial score (nSPS) is 11.8. The van der Waals surface area contributed by atoms with Crippen molar-refractivity contribution >= 4 is 15.9 Å². The second kappa shape index (κ2) is 4.19. The zero-order valence-corrected chi connectivity index (χ0v) is 11.1. The van der Waals surface area contributed by atoms with Crippen LogP contribution in [0.2, 0.25) is 0 Å². The van der Waals surface area contributed by atoms with E-state index in [4.69, 9.17) is 5.73 Å². The molecule has 0 aliphatic heterocycles. The highest BCUT2D eigenvalue weighted by Crippen LogP contribution is 2.20. The van der Waals surface area contributed by atoms with Crippen molar-refractivity contribution < 1.29 is 4.39 Å². The van der Waals surface area contributed by atoms with E-state index in [0.717, 1.165) is 0 Å². The summed E-state index contributed by atoms with van der Waals surface area (Å²) in [7, 11) is 0. The molecule has 0 unspecified atom stereocenters. The molecule has 0 saturated carbocycles. The second-order valence-corrected chi connectivity index (χ2v) is 5.22. The first kappa shape index (κ1) is 12.2. The number of nitrogens with two attached hydrogens (primary N) is 1. The van der Waals surface area contributed by atoms with Crippen molar-refractivity contribution in [3.8, 4) is 5.69 Å². The molecule has 0 bridgehead atoms. The van der Waals surface area contributed by atoms with Gasteiger partial charge in [0.1, 0.15) is 11.5 Å². The lowest BCUT2D eigenvalue weighted by atomic mass is 10.0. The molecule has 0 saturated heterocycles. The minimum absolute atomic E-state index is 0.341. The SMILES string of the molecule is CC(C)(N)c1cn(-c2ccc(Br)c(F)c2)nn1. The lowest BCUT2D eigenvalue weighted by Crippen LogP contribution is -2.29. The maximum atomic E-state index is 13.4. The van der Waals surface area contributed by atoms with Gasteiger partial charge in [0.05, 0.1) is 21.9 Å². The second-order valence-electron chi connectivity index (χ2n) is 4.37. The number of rotatable bonds is 2. The largest absolute Gasteiger partial charge is 0.320 e. The fraction of sp³-hybridized carbons (Fsp3) is 0.273.